The van der Waals surface area contributed by atoms with Crippen LogP contribution in [0.25, 0.3) is 0 Å². The molecule has 1 atom stereocenters. The van der Waals surface area contributed by atoms with Crippen LogP contribution >= 0.6 is 0 Å². The molecule has 3 heteroatoms. The van der Waals surface area contributed by atoms with Crippen LogP contribution < -0.4 is 5.32 Å². The van der Waals surface area contributed by atoms with Gasteiger partial charge < -0.3 is 14.8 Å². The molecule has 3 nitrogen and oxygen atoms in total. The van der Waals surface area contributed by atoms with Crippen molar-refractivity contribution in [3.8, 4) is 0 Å². The molecule has 0 saturated heterocycles. The van der Waals surface area contributed by atoms with E-state index in [1.807, 2.05) is 19.1 Å². The van der Waals surface area contributed by atoms with Gasteiger partial charge in [-0.2, -0.15) is 0 Å². The maximum absolute atomic E-state index is 8.77. The van der Waals surface area contributed by atoms with Gasteiger partial charge >= 0.3 is 0 Å². The summed E-state index contributed by atoms with van der Waals surface area (Å²) in [4.78, 5) is 0. The third-order valence-corrected chi connectivity index (χ3v) is 1.96. The second-order valence-corrected chi connectivity index (χ2v) is 3.19. The van der Waals surface area contributed by atoms with Gasteiger partial charge in [0.05, 0.1) is 13.2 Å². The van der Waals surface area contributed by atoms with Crippen LogP contribution in [0.1, 0.15) is 25.4 Å². The Hall–Kier alpha value is -0.800. The summed E-state index contributed by atoms with van der Waals surface area (Å²) in [6.45, 7) is 4.83. The molecule has 1 aromatic heterocycles. The number of aliphatic hydroxyl groups excluding tert-OH is 1. The quantitative estimate of drug-likeness (QED) is 0.723. The molecule has 13 heavy (non-hydrogen) atoms. The highest BCUT2D eigenvalue weighted by Crippen LogP contribution is 2.07. The van der Waals surface area contributed by atoms with Gasteiger partial charge in [-0.1, -0.05) is 6.92 Å². The summed E-state index contributed by atoms with van der Waals surface area (Å²) in [6, 6.07) is 4.08. The summed E-state index contributed by atoms with van der Waals surface area (Å²) in [5, 5.41) is 11.9. The zero-order valence-corrected chi connectivity index (χ0v) is 8.21. The van der Waals surface area contributed by atoms with Gasteiger partial charge in [-0.3, -0.25) is 0 Å². The maximum Gasteiger partial charge on any atom is 0.117 e. The van der Waals surface area contributed by atoms with Crippen LogP contribution in [-0.2, 0) is 13.0 Å². The van der Waals surface area contributed by atoms with Gasteiger partial charge in [0.25, 0.3) is 0 Å². The third kappa shape index (κ3) is 3.20. The molecule has 0 amide bonds. The van der Waals surface area contributed by atoms with Crippen molar-refractivity contribution in [1.29, 1.82) is 0 Å². The smallest absolute Gasteiger partial charge is 0.117 e. The van der Waals surface area contributed by atoms with Crippen molar-refractivity contribution in [3.05, 3.63) is 23.7 Å². The third-order valence-electron chi connectivity index (χ3n) is 1.96. The molecule has 2 N–H and O–H groups in total. The Labute approximate surface area is 78.8 Å². The first-order valence-electron chi connectivity index (χ1n) is 4.68. The molecule has 0 aliphatic carbocycles. The van der Waals surface area contributed by atoms with Crippen molar-refractivity contribution in [1.82, 2.24) is 5.32 Å². The Morgan fingerprint density at radius 2 is 2.15 bits per heavy atom. The number of hydrogen-bond acceptors (Lipinski definition) is 3. The fourth-order valence-electron chi connectivity index (χ4n) is 1.05. The molecule has 0 fully saturated rings. The van der Waals surface area contributed by atoms with Crippen molar-refractivity contribution in [2.24, 2.45) is 0 Å². The van der Waals surface area contributed by atoms with Gasteiger partial charge in [0.2, 0.25) is 0 Å². The number of rotatable bonds is 5. The fraction of sp³-hybridized carbons (Fsp3) is 0.600. The van der Waals surface area contributed by atoms with Crippen LogP contribution in [0.3, 0.4) is 0 Å². The van der Waals surface area contributed by atoms with Crippen LogP contribution in [-0.4, -0.2) is 17.8 Å². The van der Waals surface area contributed by atoms with Crippen LogP contribution in [0.4, 0.5) is 0 Å². The van der Waals surface area contributed by atoms with E-state index in [-0.39, 0.29) is 12.6 Å². The Balaban J connectivity index is 2.36. The predicted octanol–water partition coefficient (Wildman–Crippen LogP) is 1.31. The molecule has 1 heterocycles. The minimum atomic E-state index is 0.121. The highest BCUT2D eigenvalue weighted by molar-refractivity contribution is 5.06. The lowest BCUT2D eigenvalue weighted by Crippen LogP contribution is -2.28. The molecule has 0 aromatic carbocycles. The van der Waals surface area contributed by atoms with Gasteiger partial charge in [0.15, 0.2) is 0 Å². The molecule has 0 aliphatic heterocycles. The Morgan fingerprint density at radius 1 is 1.46 bits per heavy atom. The van der Waals surface area contributed by atoms with E-state index in [0.29, 0.717) is 6.54 Å². The lowest BCUT2D eigenvalue weighted by atomic mass is 10.3. The second-order valence-electron chi connectivity index (χ2n) is 3.19. The largest absolute Gasteiger partial charge is 0.465 e. The molecular weight excluding hydrogens is 166 g/mol. The maximum atomic E-state index is 8.77. The summed E-state index contributed by atoms with van der Waals surface area (Å²) >= 11 is 0. The van der Waals surface area contributed by atoms with Gasteiger partial charge in [0.1, 0.15) is 11.5 Å². The number of hydrogen-bond donors (Lipinski definition) is 2. The number of furan rings is 1. The Kier molecular flexibility index (Phi) is 3.99. The SMILES string of the molecule is CCc1ccc(CNC(C)CO)o1. The van der Waals surface area contributed by atoms with E-state index in [1.54, 1.807) is 0 Å². The second kappa shape index (κ2) is 5.04. The Bertz CT molecular complexity index is 245. The van der Waals surface area contributed by atoms with Gasteiger partial charge in [-0.05, 0) is 19.1 Å². The first-order chi connectivity index (χ1) is 6.26. The van der Waals surface area contributed by atoms with Gasteiger partial charge in [-0.25, -0.2) is 0 Å². The molecule has 74 valence electrons. The van der Waals surface area contributed by atoms with Crippen LogP contribution in [0, 0.1) is 0 Å². The number of aliphatic hydroxyl groups is 1. The topological polar surface area (TPSA) is 45.4 Å². The highest BCUT2D eigenvalue weighted by Gasteiger charge is 2.02. The monoisotopic (exact) mass is 183 g/mol. The molecule has 1 rings (SSSR count). The molecule has 0 bridgehead atoms. The fourth-order valence-corrected chi connectivity index (χ4v) is 1.05. The lowest BCUT2D eigenvalue weighted by Gasteiger charge is -2.08. The summed E-state index contributed by atoms with van der Waals surface area (Å²) in [5.74, 6) is 1.94. The van der Waals surface area contributed by atoms with Crippen LogP contribution in [0.2, 0.25) is 0 Å². The molecule has 0 aliphatic rings. The Morgan fingerprint density at radius 3 is 2.69 bits per heavy atom. The normalized spacial score (nSPS) is 13.2. The minimum Gasteiger partial charge on any atom is -0.465 e. The zero-order chi connectivity index (χ0) is 9.68. The molecular formula is C10H17NO2. The van der Waals surface area contributed by atoms with Gasteiger partial charge in [-0.15, -0.1) is 0 Å². The van der Waals surface area contributed by atoms with Crippen LogP contribution in [0.5, 0.6) is 0 Å². The van der Waals surface area contributed by atoms with E-state index >= 15 is 0 Å². The first kappa shape index (κ1) is 10.3. The molecule has 0 spiro atoms. The van der Waals surface area contributed by atoms with E-state index in [4.69, 9.17) is 9.52 Å². The van der Waals surface area contributed by atoms with Crippen LogP contribution in [0.15, 0.2) is 16.5 Å². The van der Waals surface area contributed by atoms with Crippen molar-refractivity contribution < 1.29 is 9.52 Å². The standard InChI is InChI=1S/C10H17NO2/c1-3-9-4-5-10(13-9)6-11-8(2)7-12/h4-5,8,11-12H,3,6-7H2,1-2H3. The summed E-state index contributed by atoms with van der Waals surface area (Å²) in [6.07, 6.45) is 0.926. The predicted molar refractivity (Wildman–Crippen MR) is 51.5 cm³/mol. The summed E-state index contributed by atoms with van der Waals surface area (Å²) in [5.41, 5.74) is 0. The average Bonchev–Trinajstić information content (AvgIpc) is 2.61. The first-order valence-corrected chi connectivity index (χ1v) is 4.68. The molecule has 1 aromatic rings. The van der Waals surface area contributed by atoms with E-state index < -0.39 is 0 Å². The van der Waals surface area contributed by atoms with Crippen molar-refractivity contribution >= 4 is 0 Å². The minimum absolute atomic E-state index is 0.121. The average molecular weight is 183 g/mol. The van der Waals surface area contributed by atoms with E-state index in [9.17, 15) is 0 Å². The molecule has 0 radical (unpaired) electrons. The zero-order valence-electron chi connectivity index (χ0n) is 8.21. The van der Waals surface area contributed by atoms with E-state index in [2.05, 4.69) is 12.2 Å². The van der Waals surface area contributed by atoms with Crippen molar-refractivity contribution in [2.75, 3.05) is 6.61 Å². The van der Waals surface area contributed by atoms with E-state index in [1.165, 1.54) is 0 Å². The summed E-state index contributed by atoms with van der Waals surface area (Å²) < 4.78 is 5.48. The molecule has 1 unspecified atom stereocenters. The van der Waals surface area contributed by atoms with Gasteiger partial charge in [0, 0.05) is 12.5 Å². The highest BCUT2D eigenvalue weighted by atomic mass is 16.3. The number of nitrogens with one attached hydrogen (secondary N) is 1. The number of aryl methyl sites for hydroxylation is 1. The van der Waals surface area contributed by atoms with Crippen molar-refractivity contribution in [2.45, 2.75) is 32.9 Å². The van der Waals surface area contributed by atoms with Crippen molar-refractivity contribution in [3.63, 3.8) is 0 Å². The van der Waals surface area contributed by atoms with E-state index in [0.717, 1.165) is 17.9 Å². The molecule has 0 saturated carbocycles. The summed E-state index contributed by atoms with van der Waals surface area (Å²) in [7, 11) is 0. The lowest BCUT2D eigenvalue weighted by molar-refractivity contribution is 0.248.